The zero-order valence-electron chi connectivity index (χ0n) is 10.1. The molecule has 0 fully saturated rings. The molecule has 0 atom stereocenters. The summed E-state index contributed by atoms with van der Waals surface area (Å²) in [6.45, 7) is 0. The molecule has 6 heteroatoms. The number of rotatable bonds is 4. The molecular weight excluding hydrogens is 284 g/mol. The Balaban J connectivity index is 2.09. The molecule has 4 nitrogen and oxygen atoms in total. The van der Waals surface area contributed by atoms with Crippen LogP contribution in [0.2, 0.25) is 5.02 Å². The summed E-state index contributed by atoms with van der Waals surface area (Å²) in [5.74, 6) is 0.0837. The van der Waals surface area contributed by atoms with Crippen LogP contribution in [-0.4, -0.2) is 19.2 Å². The van der Waals surface area contributed by atoms with Crippen LogP contribution in [0.15, 0.2) is 40.8 Å². The number of halogens is 1. The molecule has 19 heavy (non-hydrogen) atoms. The Hall–Kier alpha value is -1.85. The van der Waals surface area contributed by atoms with Gasteiger partial charge in [-0.25, -0.2) is 5.43 Å². The summed E-state index contributed by atoms with van der Waals surface area (Å²) in [6, 6.07) is 8.65. The first-order chi connectivity index (χ1) is 9.20. The highest BCUT2D eigenvalue weighted by atomic mass is 35.5. The van der Waals surface area contributed by atoms with Crippen molar-refractivity contribution in [3.05, 3.63) is 51.2 Å². The molecule has 0 aliphatic rings. The Morgan fingerprint density at radius 1 is 1.47 bits per heavy atom. The third-order valence-electron chi connectivity index (χ3n) is 2.31. The van der Waals surface area contributed by atoms with E-state index in [9.17, 15) is 4.79 Å². The van der Waals surface area contributed by atoms with Crippen LogP contribution in [0.3, 0.4) is 0 Å². The molecule has 1 aromatic heterocycles. The Kier molecular flexibility index (Phi) is 4.54. The number of nitrogens with one attached hydrogen (secondary N) is 1. The van der Waals surface area contributed by atoms with Crippen molar-refractivity contribution in [3.63, 3.8) is 0 Å². The smallest absolute Gasteiger partial charge is 0.275 e. The van der Waals surface area contributed by atoms with Crippen LogP contribution >= 0.6 is 22.9 Å². The Bertz CT molecular complexity index is 597. The Morgan fingerprint density at radius 3 is 3.00 bits per heavy atom. The number of carbonyl (C=O) groups is 1. The SMILES string of the molecule is COc1ccc(Cl)cc1C(=O)N/N=C/c1cccs1. The fourth-order valence-electron chi connectivity index (χ4n) is 1.44. The predicted molar refractivity (Wildman–Crippen MR) is 77.4 cm³/mol. The first-order valence-corrected chi connectivity index (χ1v) is 6.67. The van der Waals surface area contributed by atoms with Crippen molar-refractivity contribution in [1.82, 2.24) is 5.43 Å². The maximum absolute atomic E-state index is 11.9. The van der Waals surface area contributed by atoms with Crippen LogP contribution in [-0.2, 0) is 0 Å². The number of hydrogen-bond donors (Lipinski definition) is 1. The van der Waals surface area contributed by atoms with Crippen LogP contribution in [0.5, 0.6) is 5.75 Å². The summed E-state index contributed by atoms with van der Waals surface area (Å²) in [5, 5.41) is 6.28. The minimum atomic E-state index is -0.368. The molecule has 0 saturated heterocycles. The molecule has 1 N–H and O–H groups in total. The number of amides is 1. The van der Waals surface area contributed by atoms with Crippen LogP contribution in [0.4, 0.5) is 0 Å². The predicted octanol–water partition coefficient (Wildman–Crippen LogP) is 3.17. The Labute approximate surface area is 119 Å². The van der Waals surface area contributed by atoms with E-state index < -0.39 is 0 Å². The van der Waals surface area contributed by atoms with Crippen molar-refractivity contribution < 1.29 is 9.53 Å². The number of benzene rings is 1. The van der Waals surface area contributed by atoms with Crippen molar-refractivity contribution in [3.8, 4) is 5.75 Å². The van der Waals surface area contributed by atoms with E-state index in [2.05, 4.69) is 10.5 Å². The first-order valence-electron chi connectivity index (χ1n) is 5.41. The van der Waals surface area contributed by atoms with Crippen LogP contribution in [0.1, 0.15) is 15.2 Å². The molecule has 0 radical (unpaired) electrons. The van der Waals surface area contributed by atoms with E-state index in [1.807, 2.05) is 17.5 Å². The van der Waals surface area contributed by atoms with Crippen LogP contribution in [0.25, 0.3) is 0 Å². The van der Waals surface area contributed by atoms with E-state index in [0.29, 0.717) is 16.3 Å². The molecule has 0 bridgehead atoms. The molecule has 0 aliphatic carbocycles. The molecule has 2 aromatic rings. The molecule has 1 heterocycles. The number of ether oxygens (including phenoxy) is 1. The van der Waals surface area contributed by atoms with Gasteiger partial charge in [0.15, 0.2) is 0 Å². The van der Waals surface area contributed by atoms with E-state index in [4.69, 9.17) is 16.3 Å². The minimum Gasteiger partial charge on any atom is -0.496 e. The van der Waals surface area contributed by atoms with Crippen molar-refractivity contribution in [2.75, 3.05) is 7.11 Å². The highest BCUT2D eigenvalue weighted by Crippen LogP contribution is 2.22. The summed E-state index contributed by atoms with van der Waals surface area (Å²) >= 11 is 7.39. The highest BCUT2D eigenvalue weighted by molar-refractivity contribution is 7.11. The lowest BCUT2D eigenvalue weighted by Crippen LogP contribution is -2.18. The largest absolute Gasteiger partial charge is 0.496 e. The third-order valence-corrected chi connectivity index (χ3v) is 3.35. The molecule has 1 aromatic carbocycles. The zero-order valence-corrected chi connectivity index (χ0v) is 11.7. The lowest BCUT2D eigenvalue weighted by Gasteiger charge is -2.06. The second-order valence-electron chi connectivity index (χ2n) is 3.56. The lowest BCUT2D eigenvalue weighted by atomic mass is 10.2. The topological polar surface area (TPSA) is 50.7 Å². The number of thiophene rings is 1. The van der Waals surface area contributed by atoms with Gasteiger partial charge >= 0.3 is 0 Å². The number of hydrazone groups is 1. The Morgan fingerprint density at radius 2 is 2.32 bits per heavy atom. The van der Waals surface area contributed by atoms with Gasteiger partial charge < -0.3 is 4.74 Å². The highest BCUT2D eigenvalue weighted by Gasteiger charge is 2.11. The molecule has 0 aliphatic heterocycles. The van der Waals surface area contributed by atoms with Crippen molar-refractivity contribution in [1.29, 1.82) is 0 Å². The van der Waals surface area contributed by atoms with E-state index >= 15 is 0 Å². The van der Waals surface area contributed by atoms with Crippen molar-refractivity contribution in [2.45, 2.75) is 0 Å². The van der Waals surface area contributed by atoms with Gasteiger partial charge in [0.1, 0.15) is 5.75 Å². The maximum Gasteiger partial charge on any atom is 0.275 e. The average Bonchev–Trinajstić information content (AvgIpc) is 2.91. The van der Waals surface area contributed by atoms with Gasteiger partial charge in [0.25, 0.3) is 5.91 Å². The molecule has 2 rings (SSSR count). The van der Waals surface area contributed by atoms with E-state index in [1.165, 1.54) is 24.5 Å². The van der Waals surface area contributed by atoms with Gasteiger partial charge in [-0.1, -0.05) is 17.7 Å². The number of methoxy groups -OCH3 is 1. The molecule has 0 saturated carbocycles. The second kappa shape index (κ2) is 6.36. The fourth-order valence-corrected chi connectivity index (χ4v) is 2.19. The third kappa shape index (κ3) is 3.56. The van der Waals surface area contributed by atoms with Gasteiger partial charge in [-0.05, 0) is 29.6 Å². The van der Waals surface area contributed by atoms with Gasteiger partial charge in [-0.2, -0.15) is 5.10 Å². The van der Waals surface area contributed by atoms with Gasteiger partial charge in [0, 0.05) is 9.90 Å². The van der Waals surface area contributed by atoms with Crippen LogP contribution in [0, 0.1) is 0 Å². The second-order valence-corrected chi connectivity index (χ2v) is 4.97. The summed E-state index contributed by atoms with van der Waals surface area (Å²) in [6.07, 6.45) is 1.58. The monoisotopic (exact) mass is 294 g/mol. The summed E-state index contributed by atoms with van der Waals surface area (Å²) in [7, 11) is 1.49. The standard InChI is InChI=1S/C13H11ClN2O2S/c1-18-12-5-4-9(14)7-11(12)13(17)16-15-8-10-3-2-6-19-10/h2-8H,1H3,(H,16,17)/b15-8+. The van der Waals surface area contributed by atoms with Crippen LogP contribution < -0.4 is 10.2 Å². The molecule has 98 valence electrons. The maximum atomic E-state index is 11.9. The lowest BCUT2D eigenvalue weighted by molar-refractivity contribution is 0.0952. The normalized spacial score (nSPS) is 10.6. The van der Waals surface area contributed by atoms with Crippen molar-refractivity contribution in [2.24, 2.45) is 5.10 Å². The summed E-state index contributed by atoms with van der Waals surface area (Å²) in [4.78, 5) is 12.9. The number of hydrogen-bond acceptors (Lipinski definition) is 4. The van der Waals surface area contributed by atoms with Crippen molar-refractivity contribution >= 4 is 35.1 Å². The molecule has 0 unspecified atom stereocenters. The van der Waals surface area contributed by atoms with Gasteiger partial charge in [-0.15, -0.1) is 11.3 Å². The molecule has 0 spiro atoms. The summed E-state index contributed by atoms with van der Waals surface area (Å²) in [5.41, 5.74) is 2.78. The number of carbonyl (C=O) groups excluding carboxylic acids is 1. The van der Waals surface area contributed by atoms with E-state index in [-0.39, 0.29) is 5.91 Å². The quantitative estimate of drug-likeness (QED) is 0.695. The van der Waals surface area contributed by atoms with Gasteiger partial charge in [0.05, 0.1) is 18.9 Å². The first kappa shape index (κ1) is 13.6. The summed E-state index contributed by atoms with van der Waals surface area (Å²) < 4.78 is 5.10. The zero-order chi connectivity index (χ0) is 13.7. The number of nitrogens with zero attached hydrogens (tertiary/aromatic N) is 1. The average molecular weight is 295 g/mol. The molecular formula is C13H11ClN2O2S. The minimum absolute atomic E-state index is 0.346. The fraction of sp³-hybridized carbons (Fsp3) is 0.0769. The van der Waals surface area contributed by atoms with E-state index in [0.717, 1.165) is 4.88 Å². The van der Waals surface area contributed by atoms with E-state index in [1.54, 1.807) is 18.3 Å². The molecule has 1 amide bonds. The van der Waals surface area contributed by atoms with Gasteiger partial charge in [-0.3, -0.25) is 4.79 Å². The van der Waals surface area contributed by atoms with Gasteiger partial charge in [0.2, 0.25) is 0 Å².